The molecule has 0 saturated carbocycles. The van der Waals surface area contributed by atoms with Crippen molar-refractivity contribution >= 4 is 29.6 Å². The highest BCUT2D eigenvalue weighted by Gasteiger charge is 2.02. The van der Waals surface area contributed by atoms with E-state index < -0.39 is 0 Å². The van der Waals surface area contributed by atoms with Gasteiger partial charge in [-0.2, -0.15) is 0 Å². The van der Waals surface area contributed by atoms with Gasteiger partial charge in [-0.3, -0.25) is 4.79 Å². The number of aromatic nitrogens is 1. The second kappa shape index (κ2) is 5.34. The molecule has 86 valence electrons. The molecule has 1 heterocycles. The lowest BCUT2D eigenvalue weighted by atomic mass is 10.1. The first-order valence-corrected chi connectivity index (χ1v) is 6.24. The van der Waals surface area contributed by atoms with Crippen molar-refractivity contribution in [1.82, 2.24) is 4.98 Å². The van der Waals surface area contributed by atoms with E-state index in [2.05, 4.69) is 4.98 Å². The molecule has 0 atom stereocenters. The molecule has 0 aliphatic heterocycles. The molecule has 0 aliphatic rings. The van der Waals surface area contributed by atoms with E-state index >= 15 is 0 Å². The zero-order valence-electron chi connectivity index (χ0n) is 9.18. The zero-order chi connectivity index (χ0) is 12.3. The highest BCUT2D eigenvalue weighted by molar-refractivity contribution is 7.99. The first kappa shape index (κ1) is 12.1. The van der Waals surface area contributed by atoms with Crippen molar-refractivity contribution in [3.63, 3.8) is 0 Å². The minimum Gasteiger partial charge on any atom is -0.298 e. The fourth-order valence-electron chi connectivity index (χ4n) is 1.39. The third kappa shape index (κ3) is 3.08. The van der Waals surface area contributed by atoms with Crippen molar-refractivity contribution in [1.29, 1.82) is 0 Å². The average Bonchev–Trinajstić information content (AvgIpc) is 2.32. The van der Waals surface area contributed by atoms with E-state index in [1.807, 2.05) is 37.3 Å². The van der Waals surface area contributed by atoms with Crippen LogP contribution in [0.2, 0.25) is 5.02 Å². The molecule has 0 bridgehead atoms. The summed E-state index contributed by atoms with van der Waals surface area (Å²) >= 11 is 7.31. The van der Waals surface area contributed by atoms with Crippen molar-refractivity contribution < 1.29 is 4.79 Å². The summed E-state index contributed by atoms with van der Waals surface area (Å²) in [5.74, 6) is 0. The van der Waals surface area contributed by atoms with Gasteiger partial charge in [0.1, 0.15) is 11.3 Å². The molecule has 0 N–H and O–H groups in total. The van der Waals surface area contributed by atoms with E-state index in [1.165, 1.54) is 0 Å². The molecule has 4 heteroatoms. The van der Waals surface area contributed by atoms with Crippen molar-refractivity contribution in [3.05, 3.63) is 52.7 Å². The number of carbonyl (C=O) groups is 1. The Morgan fingerprint density at radius 3 is 2.71 bits per heavy atom. The van der Waals surface area contributed by atoms with Gasteiger partial charge in [0.25, 0.3) is 0 Å². The molecule has 1 aromatic carbocycles. The Hall–Kier alpha value is -1.32. The van der Waals surface area contributed by atoms with Crippen LogP contribution in [0.3, 0.4) is 0 Å². The van der Waals surface area contributed by atoms with Crippen molar-refractivity contribution in [3.8, 4) is 0 Å². The van der Waals surface area contributed by atoms with E-state index in [9.17, 15) is 4.79 Å². The molecule has 2 nitrogen and oxygen atoms in total. The first-order valence-electron chi connectivity index (χ1n) is 5.04. The standard InChI is InChI=1S/C13H10ClNOS/c1-9-6-12(4-2-10(9)8-16)17-13-5-3-11(14)7-15-13/h2-8H,1H3. The third-order valence-electron chi connectivity index (χ3n) is 2.29. The van der Waals surface area contributed by atoms with Gasteiger partial charge in [-0.05, 0) is 36.8 Å². The normalized spacial score (nSPS) is 10.2. The van der Waals surface area contributed by atoms with Crippen LogP contribution >= 0.6 is 23.4 Å². The molecule has 0 spiro atoms. The van der Waals surface area contributed by atoms with Crippen LogP contribution in [-0.2, 0) is 0 Å². The van der Waals surface area contributed by atoms with E-state index in [1.54, 1.807) is 18.0 Å². The summed E-state index contributed by atoms with van der Waals surface area (Å²) in [6, 6.07) is 9.39. The van der Waals surface area contributed by atoms with Crippen LogP contribution in [0.1, 0.15) is 15.9 Å². The minimum atomic E-state index is 0.627. The van der Waals surface area contributed by atoms with Gasteiger partial charge in [0.15, 0.2) is 0 Å². The van der Waals surface area contributed by atoms with E-state index in [4.69, 9.17) is 11.6 Å². The molecule has 17 heavy (non-hydrogen) atoms. The van der Waals surface area contributed by atoms with Gasteiger partial charge in [-0.25, -0.2) is 4.98 Å². The number of benzene rings is 1. The van der Waals surface area contributed by atoms with Crippen LogP contribution in [0.5, 0.6) is 0 Å². The topological polar surface area (TPSA) is 30.0 Å². The van der Waals surface area contributed by atoms with E-state index in [0.717, 1.165) is 27.3 Å². The molecule has 2 aromatic rings. The molecule has 0 saturated heterocycles. The summed E-state index contributed by atoms with van der Waals surface area (Å²) in [5.41, 5.74) is 1.69. The summed E-state index contributed by atoms with van der Waals surface area (Å²) in [6.45, 7) is 1.92. The molecule has 2 rings (SSSR count). The molecule has 0 amide bonds. The van der Waals surface area contributed by atoms with Crippen LogP contribution in [0.15, 0.2) is 46.5 Å². The second-order valence-corrected chi connectivity index (χ2v) is 5.08. The monoisotopic (exact) mass is 263 g/mol. The highest BCUT2D eigenvalue weighted by atomic mass is 35.5. The average molecular weight is 264 g/mol. The van der Waals surface area contributed by atoms with Crippen LogP contribution in [-0.4, -0.2) is 11.3 Å². The number of aryl methyl sites for hydroxylation is 1. The van der Waals surface area contributed by atoms with Crippen LogP contribution in [0, 0.1) is 6.92 Å². The molecule has 0 aliphatic carbocycles. The molecular weight excluding hydrogens is 254 g/mol. The molecule has 1 aromatic heterocycles. The van der Waals surface area contributed by atoms with Crippen LogP contribution in [0.4, 0.5) is 0 Å². The number of aldehydes is 1. The van der Waals surface area contributed by atoms with Gasteiger partial charge in [0.05, 0.1) is 5.02 Å². The lowest BCUT2D eigenvalue weighted by Gasteiger charge is -2.03. The third-order valence-corrected chi connectivity index (χ3v) is 3.45. The lowest BCUT2D eigenvalue weighted by molar-refractivity contribution is 0.112. The Balaban J connectivity index is 2.21. The summed E-state index contributed by atoms with van der Waals surface area (Å²) in [4.78, 5) is 16.0. The van der Waals surface area contributed by atoms with E-state index in [-0.39, 0.29) is 0 Å². The maximum Gasteiger partial charge on any atom is 0.150 e. The van der Waals surface area contributed by atoms with Crippen LogP contribution in [0.25, 0.3) is 0 Å². The van der Waals surface area contributed by atoms with Crippen molar-refractivity contribution in [2.75, 3.05) is 0 Å². The Labute approximate surface area is 109 Å². The van der Waals surface area contributed by atoms with Gasteiger partial charge in [0.2, 0.25) is 0 Å². The largest absolute Gasteiger partial charge is 0.298 e. The summed E-state index contributed by atoms with van der Waals surface area (Å²) in [6.07, 6.45) is 2.49. The molecular formula is C13H10ClNOS. The van der Waals surface area contributed by atoms with E-state index in [0.29, 0.717) is 5.02 Å². The number of nitrogens with zero attached hydrogens (tertiary/aromatic N) is 1. The fraction of sp³-hybridized carbons (Fsp3) is 0.0769. The highest BCUT2D eigenvalue weighted by Crippen LogP contribution is 2.27. The number of hydrogen-bond donors (Lipinski definition) is 0. The number of hydrogen-bond acceptors (Lipinski definition) is 3. The number of halogens is 1. The maximum atomic E-state index is 10.7. The Morgan fingerprint density at radius 2 is 2.12 bits per heavy atom. The fourth-order valence-corrected chi connectivity index (χ4v) is 2.35. The maximum absolute atomic E-state index is 10.7. The number of rotatable bonds is 3. The number of carbonyl (C=O) groups excluding carboxylic acids is 1. The van der Waals surface area contributed by atoms with Crippen molar-refractivity contribution in [2.45, 2.75) is 16.8 Å². The van der Waals surface area contributed by atoms with Crippen LogP contribution < -0.4 is 0 Å². The minimum absolute atomic E-state index is 0.627. The van der Waals surface area contributed by atoms with Gasteiger partial charge in [-0.15, -0.1) is 0 Å². The lowest BCUT2D eigenvalue weighted by Crippen LogP contribution is -1.86. The first-order chi connectivity index (χ1) is 8.19. The molecule has 0 unspecified atom stereocenters. The quantitative estimate of drug-likeness (QED) is 0.784. The summed E-state index contributed by atoms with van der Waals surface area (Å²) < 4.78 is 0. The second-order valence-electron chi connectivity index (χ2n) is 3.55. The smallest absolute Gasteiger partial charge is 0.150 e. The van der Waals surface area contributed by atoms with Gasteiger partial charge >= 0.3 is 0 Å². The van der Waals surface area contributed by atoms with Gasteiger partial charge in [-0.1, -0.05) is 29.4 Å². The Bertz CT molecular complexity index is 540. The molecule has 0 fully saturated rings. The van der Waals surface area contributed by atoms with Crippen molar-refractivity contribution in [2.24, 2.45) is 0 Å². The predicted molar refractivity (Wildman–Crippen MR) is 69.9 cm³/mol. The SMILES string of the molecule is Cc1cc(Sc2ccc(Cl)cn2)ccc1C=O. The Kier molecular flexibility index (Phi) is 3.82. The predicted octanol–water partition coefficient (Wildman–Crippen LogP) is 4.01. The van der Waals surface area contributed by atoms with Gasteiger partial charge in [0, 0.05) is 16.7 Å². The molecule has 0 radical (unpaired) electrons. The summed E-state index contributed by atoms with van der Waals surface area (Å²) in [5, 5.41) is 1.51. The zero-order valence-corrected chi connectivity index (χ0v) is 10.8. The number of pyridine rings is 1. The van der Waals surface area contributed by atoms with Gasteiger partial charge < -0.3 is 0 Å². The Morgan fingerprint density at radius 1 is 1.29 bits per heavy atom. The summed E-state index contributed by atoms with van der Waals surface area (Å²) in [7, 11) is 0.